The van der Waals surface area contributed by atoms with Gasteiger partial charge in [-0.2, -0.15) is 5.10 Å². The zero-order chi connectivity index (χ0) is 16.8. The number of nitrogens with one attached hydrogen (secondary N) is 2. The van der Waals surface area contributed by atoms with Crippen LogP contribution in [0.3, 0.4) is 0 Å². The molecule has 0 saturated heterocycles. The molecule has 1 amide bonds. The van der Waals surface area contributed by atoms with Crippen LogP contribution in [0.15, 0.2) is 24.3 Å². The second-order valence-electron chi connectivity index (χ2n) is 6.00. The fraction of sp³-hybridized carbons (Fsp3) is 0.471. The van der Waals surface area contributed by atoms with E-state index in [1.807, 2.05) is 11.6 Å². The van der Waals surface area contributed by atoms with Crippen LogP contribution in [0, 0.1) is 4.77 Å². The summed E-state index contributed by atoms with van der Waals surface area (Å²) in [5, 5.41) is 9.79. The van der Waals surface area contributed by atoms with Crippen molar-refractivity contribution in [2.45, 2.75) is 39.0 Å². The van der Waals surface area contributed by atoms with Crippen molar-refractivity contribution < 1.29 is 4.79 Å². The second kappa shape index (κ2) is 8.06. The van der Waals surface area contributed by atoms with Gasteiger partial charge in [0.05, 0.1) is 0 Å². The van der Waals surface area contributed by atoms with Gasteiger partial charge in [-0.1, -0.05) is 38.1 Å². The molecule has 2 N–H and O–H groups in total. The van der Waals surface area contributed by atoms with Gasteiger partial charge >= 0.3 is 0 Å². The number of hydrogen-bond acceptors (Lipinski definition) is 3. The van der Waals surface area contributed by atoms with E-state index in [4.69, 9.17) is 12.2 Å². The number of aromatic amines is 1. The van der Waals surface area contributed by atoms with Crippen LogP contribution in [-0.2, 0) is 24.7 Å². The number of aromatic nitrogens is 3. The van der Waals surface area contributed by atoms with Crippen LogP contribution in [0.4, 0.5) is 0 Å². The van der Waals surface area contributed by atoms with Gasteiger partial charge in [0, 0.05) is 26.4 Å². The lowest BCUT2D eigenvalue weighted by Crippen LogP contribution is -2.26. The Hall–Kier alpha value is -1.95. The van der Waals surface area contributed by atoms with Gasteiger partial charge in [0.2, 0.25) is 5.91 Å². The monoisotopic (exact) mass is 332 g/mol. The molecule has 2 rings (SSSR count). The third-order valence-electron chi connectivity index (χ3n) is 3.93. The molecule has 0 aliphatic carbocycles. The molecule has 0 unspecified atom stereocenters. The van der Waals surface area contributed by atoms with Crippen LogP contribution in [0.1, 0.15) is 43.1 Å². The molecule has 0 aliphatic heterocycles. The van der Waals surface area contributed by atoms with Gasteiger partial charge in [0.1, 0.15) is 5.82 Å². The highest BCUT2D eigenvalue weighted by molar-refractivity contribution is 7.71. The Morgan fingerprint density at radius 2 is 2.00 bits per heavy atom. The van der Waals surface area contributed by atoms with E-state index in [0.29, 0.717) is 30.1 Å². The molecule has 1 heterocycles. The largest absolute Gasteiger partial charge is 0.356 e. The maximum atomic E-state index is 11.9. The lowest BCUT2D eigenvalue weighted by atomic mass is 10.0. The first kappa shape index (κ1) is 17.4. The molecule has 0 bridgehead atoms. The zero-order valence-corrected chi connectivity index (χ0v) is 14.7. The van der Waals surface area contributed by atoms with Gasteiger partial charge in [-0.3, -0.25) is 9.89 Å². The van der Waals surface area contributed by atoms with Crippen molar-refractivity contribution in [3.8, 4) is 0 Å². The molecule has 23 heavy (non-hydrogen) atoms. The molecule has 124 valence electrons. The third kappa shape index (κ3) is 5.03. The Balaban J connectivity index is 1.72. The third-order valence-corrected chi connectivity index (χ3v) is 4.30. The van der Waals surface area contributed by atoms with Crippen molar-refractivity contribution in [2.24, 2.45) is 7.05 Å². The maximum absolute atomic E-state index is 11.9. The maximum Gasteiger partial charge on any atom is 0.220 e. The number of benzene rings is 1. The Bertz CT molecular complexity index is 700. The molecule has 0 atom stereocenters. The zero-order valence-electron chi connectivity index (χ0n) is 13.9. The Labute approximate surface area is 142 Å². The number of amides is 1. The second-order valence-corrected chi connectivity index (χ2v) is 6.39. The summed E-state index contributed by atoms with van der Waals surface area (Å²) in [7, 11) is 1.86. The first-order chi connectivity index (χ1) is 11.0. The molecule has 0 spiro atoms. The van der Waals surface area contributed by atoms with Crippen molar-refractivity contribution >= 4 is 18.1 Å². The van der Waals surface area contributed by atoms with E-state index in [1.165, 1.54) is 11.1 Å². The van der Waals surface area contributed by atoms with Gasteiger partial charge in [0.25, 0.3) is 0 Å². The van der Waals surface area contributed by atoms with E-state index in [2.05, 4.69) is 53.6 Å². The van der Waals surface area contributed by atoms with Gasteiger partial charge in [-0.25, -0.2) is 0 Å². The highest BCUT2D eigenvalue weighted by Crippen LogP contribution is 2.15. The number of aryl methyl sites for hydroxylation is 1. The van der Waals surface area contributed by atoms with Gasteiger partial charge in [-0.15, -0.1) is 0 Å². The SMILES string of the molecule is CC(C)c1ccc(CCC(=O)NCCc2n[nH]c(=S)n2C)cc1. The van der Waals surface area contributed by atoms with E-state index in [9.17, 15) is 4.79 Å². The van der Waals surface area contributed by atoms with Crippen LogP contribution in [0.5, 0.6) is 0 Å². The molecule has 1 aromatic heterocycles. The highest BCUT2D eigenvalue weighted by Gasteiger charge is 2.05. The predicted molar refractivity (Wildman–Crippen MR) is 94.0 cm³/mol. The van der Waals surface area contributed by atoms with Gasteiger partial charge < -0.3 is 9.88 Å². The first-order valence-electron chi connectivity index (χ1n) is 7.93. The minimum Gasteiger partial charge on any atom is -0.356 e. The van der Waals surface area contributed by atoms with Crippen LogP contribution < -0.4 is 5.32 Å². The van der Waals surface area contributed by atoms with Crippen LogP contribution in [-0.4, -0.2) is 27.2 Å². The normalized spacial score (nSPS) is 11.0. The van der Waals surface area contributed by atoms with Gasteiger partial charge in [0.15, 0.2) is 4.77 Å². The highest BCUT2D eigenvalue weighted by atomic mass is 32.1. The van der Waals surface area contributed by atoms with Crippen molar-refractivity contribution in [1.29, 1.82) is 0 Å². The number of rotatable bonds is 7. The average molecular weight is 332 g/mol. The van der Waals surface area contributed by atoms with Crippen molar-refractivity contribution in [2.75, 3.05) is 6.54 Å². The van der Waals surface area contributed by atoms with E-state index in [-0.39, 0.29) is 5.91 Å². The van der Waals surface area contributed by atoms with Crippen molar-refractivity contribution in [3.05, 3.63) is 46.0 Å². The summed E-state index contributed by atoms with van der Waals surface area (Å²) < 4.78 is 2.41. The molecule has 0 saturated carbocycles. The molecule has 0 radical (unpaired) electrons. The smallest absolute Gasteiger partial charge is 0.220 e. The lowest BCUT2D eigenvalue weighted by Gasteiger charge is -2.07. The number of H-pyrrole nitrogens is 1. The Kier molecular flexibility index (Phi) is 6.10. The van der Waals surface area contributed by atoms with Crippen molar-refractivity contribution in [1.82, 2.24) is 20.1 Å². The molecule has 2 aromatic rings. The number of carbonyl (C=O) groups excluding carboxylic acids is 1. The number of carbonyl (C=O) groups is 1. The lowest BCUT2D eigenvalue weighted by molar-refractivity contribution is -0.121. The Morgan fingerprint density at radius 3 is 2.57 bits per heavy atom. The van der Waals surface area contributed by atoms with E-state index in [1.54, 1.807) is 0 Å². The molecular formula is C17H24N4OS. The van der Waals surface area contributed by atoms with Crippen LogP contribution in [0.25, 0.3) is 0 Å². The Morgan fingerprint density at radius 1 is 1.30 bits per heavy atom. The predicted octanol–water partition coefficient (Wildman–Crippen LogP) is 2.89. The van der Waals surface area contributed by atoms with Crippen LogP contribution >= 0.6 is 12.2 Å². The fourth-order valence-corrected chi connectivity index (χ4v) is 2.48. The van der Waals surface area contributed by atoms with E-state index < -0.39 is 0 Å². The van der Waals surface area contributed by atoms with Crippen molar-refractivity contribution in [3.63, 3.8) is 0 Å². The summed E-state index contributed by atoms with van der Waals surface area (Å²) >= 11 is 5.05. The number of nitrogens with zero attached hydrogens (tertiary/aromatic N) is 2. The molecule has 5 nitrogen and oxygen atoms in total. The summed E-state index contributed by atoms with van der Waals surface area (Å²) in [5.74, 6) is 1.45. The molecule has 0 aliphatic rings. The first-order valence-corrected chi connectivity index (χ1v) is 8.34. The van der Waals surface area contributed by atoms with E-state index in [0.717, 1.165) is 12.2 Å². The quantitative estimate of drug-likeness (QED) is 0.766. The average Bonchev–Trinajstić information content (AvgIpc) is 2.85. The topological polar surface area (TPSA) is 62.7 Å². The number of hydrogen-bond donors (Lipinski definition) is 2. The summed E-state index contributed by atoms with van der Waals surface area (Å²) in [5.41, 5.74) is 2.52. The molecule has 1 aromatic carbocycles. The molecular weight excluding hydrogens is 308 g/mol. The minimum absolute atomic E-state index is 0.0646. The van der Waals surface area contributed by atoms with E-state index >= 15 is 0 Å². The van der Waals surface area contributed by atoms with Gasteiger partial charge in [-0.05, 0) is 35.7 Å². The van der Waals surface area contributed by atoms with Crippen LogP contribution in [0.2, 0.25) is 0 Å². The minimum atomic E-state index is 0.0646. The standard InChI is InChI=1S/C17H24N4OS/c1-12(2)14-7-4-13(5-8-14)6-9-16(22)18-11-10-15-19-20-17(23)21(15)3/h4-5,7-8,12H,6,9-11H2,1-3H3,(H,18,22)(H,20,23). The summed E-state index contributed by atoms with van der Waals surface area (Å²) in [6.45, 7) is 4.92. The summed E-state index contributed by atoms with van der Waals surface area (Å²) in [4.78, 5) is 11.9. The summed E-state index contributed by atoms with van der Waals surface area (Å²) in [6, 6.07) is 8.50. The molecule has 0 fully saturated rings. The fourth-order valence-electron chi connectivity index (χ4n) is 2.33. The summed E-state index contributed by atoms with van der Waals surface area (Å²) in [6.07, 6.45) is 1.93. The molecule has 6 heteroatoms.